The number of benzene rings is 2. The Morgan fingerprint density at radius 3 is 2.62 bits per heavy atom. The molecule has 132 valence electrons. The van der Waals surface area contributed by atoms with Crippen LogP contribution in [0.5, 0.6) is 5.75 Å². The molecule has 0 saturated heterocycles. The van der Waals surface area contributed by atoms with E-state index in [0.29, 0.717) is 35.1 Å². The molecule has 1 heterocycles. The number of rotatable bonds is 2. The van der Waals surface area contributed by atoms with Crippen molar-refractivity contribution in [3.63, 3.8) is 0 Å². The number of fused-ring (bicyclic) bond motifs is 3. The molecule has 2 aromatic carbocycles. The molecule has 0 radical (unpaired) electrons. The van der Waals surface area contributed by atoms with E-state index in [1.165, 1.54) is 6.07 Å². The maximum Gasteiger partial charge on any atom is 0.168 e. The predicted octanol–water partition coefficient (Wildman–Crippen LogP) is 5.72. The Bertz CT molecular complexity index is 1070. The molecule has 2 N–H and O–H groups in total. The summed E-state index contributed by atoms with van der Waals surface area (Å²) in [6, 6.07) is 9.38. The second-order valence-corrected chi connectivity index (χ2v) is 7.06. The summed E-state index contributed by atoms with van der Waals surface area (Å²) in [6.45, 7) is 2.01. The molecular weight excluding hydrogens is 373 g/mol. The average molecular weight is 388 g/mol. The predicted molar refractivity (Wildman–Crippen MR) is 104 cm³/mol. The van der Waals surface area contributed by atoms with Gasteiger partial charge in [0.2, 0.25) is 0 Å². The summed E-state index contributed by atoms with van der Waals surface area (Å²) >= 11 is 12.2. The third-order valence-corrected chi connectivity index (χ3v) is 5.37. The normalized spacial score (nSPS) is 15.5. The van der Waals surface area contributed by atoms with Gasteiger partial charge in [-0.05, 0) is 31.5 Å². The zero-order chi connectivity index (χ0) is 18.4. The number of carbonyl (C=O) groups is 1. The first-order chi connectivity index (χ1) is 12.5. The van der Waals surface area contributed by atoms with Gasteiger partial charge in [-0.25, -0.2) is 0 Å². The zero-order valence-electron chi connectivity index (χ0n) is 13.9. The Hall–Kier alpha value is -2.43. The molecular formula is C20H15Cl2NO3. The minimum atomic E-state index is -0.104. The van der Waals surface area contributed by atoms with Crippen LogP contribution in [0.3, 0.4) is 0 Å². The van der Waals surface area contributed by atoms with Gasteiger partial charge >= 0.3 is 0 Å². The molecule has 1 aliphatic carbocycles. The molecule has 0 saturated carbocycles. The Balaban J connectivity index is 1.82. The summed E-state index contributed by atoms with van der Waals surface area (Å²) in [5.74, 6) is 0.356. The number of ketones is 1. The lowest BCUT2D eigenvalue weighted by molar-refractivity contribution is -0.114. The van der Waals surface area contributed by atoms with Crippen molar-refractivity contribution >= 4 is 51.2 Å². The maximum absolute atomic E-state index is 12.5. The molecule has 0 bridgehead atoms. The van der Waals surface area contributed by atoms with Crippen LogP contribution in [0, 0.1) is 6.92 Å². The highest BCUT2D eigenvalue weighted by Crippen LogP contribution is 2.44. The van der Waals surface area contributed by atoms with Gasteiger partial charge in [-0.3, -0.25) is 4.79 Å². The average Bonchev–Trinajstić information content (AvgIpc) is 2.99. The lowest BCUT2D eigenvalue weighted by Gasteiger charge is -2.13. The molecule has 6 heteroatoms. The molecule has 0 atom stereocenters. The number of phenolic OH excluding ortho intramolecular Hbond substituents is 1. The standard InChI is InChI=1S/C20H15Cl2NO3/c1-10-2-4-11(5-3-10)23-9-14-15(24)7-6-12-13-8-16(25)17(21)18(22)20(13)26-19(12)14/h2-5,8-9,23,25H,6-7H2,1H3/b14-9-. The molecule has 0 spiro atoms. The summed E-state index contributed by atoms with van der Waals surface area (Å²) in [4.78, 5) is 12.5. The van der Waals surface area contributed by atoms with Crippen molar-refractivity contribution in [1.29, 1.82) is 0 Å². The van der Waals surface area contributed by atoms with Crippen LogP contribution >= 0.6 is 23.2 Å². The highest BCUT2D eigenvalue weighted by atomic mass is 35.5. The van der Waals surface area contributed by atoms with E-state index in [4.69, 9.17) is 27.6 Å². The van der Waals surface area contributed by atoms with E-state index in [1.807, 2.05) is 31.2 Å². The lowest BCUT2D eigenvalue weighted by Crippen LogP contribution is -2.12. The maximum atomic E-state index is 12.5. The topological polar surface area (TPSA) is 62.5 Å². The molecule has 3 aromatic rings. The number of anilines is 1. The third kappa shape index (κ3) is 2.75. The number of hydrogen-bond donors (Lipinski definition) is 2. The molecule has 0 aliphatic heterocycles. The highest BCUT2D eigenvalue weighted by molar-refractivity contribution is 6.46. The van der Waals surface area contributed by atoms with E-state index in [2.05, 4.69) is 5.32 Å². The molecule has 1 aromatic heterocycles. The van der Waals surface area contributed by atoms with Crippen molar-refractivity contribution in [3.05, 3.63) is 63.5 Å². The zero-order valence-corrected chi connectivity index (χ0v) is 15.4. The van der Waals surface area contributed by atoms with Crippen molar-refractivity contribution in [2.24, 2.45) is 0 Å². The van der Waals surface area contributed by atoms with Gasteiger partial charge in [0, 0.05) is 29.3 Å². The fraction of sp³-hybridized carbons (Fsp3) is 0.150. The molecule has 4 rings (SSSR count). The largest absolute Gasteiger partial charge is 0.506 e. The van der Waals surface area contributed by atoms with E-state index in [9.17, 15) is 9.90 Å². The number of carbonyl (C=O) groups excluding carboxylic acids is 1. The quantitative estimate of drug-likeness (QED) is 0.551. The van der Waals surface area contributed by atoms with E-state index < -0.39 is 0 Å². The summed E-state index contributed by atoms with van der Waals surface area (Å²) in [5.41, 5.74) is 3.72. The summed E-state index contributed by atoms with van der Waals surface area (Å²) < 4.78 is 5.89. The molecule has 0 unspecified atom stereocenters. The molecule has 1 aliphatic rings. The van der Waals surface area contributed by atoms with Crippen LogP contribution in [0.4, 0.5) is 5.69 Å². The molecule has 0 amide bonds. The fourth-order valence-electron chi connectivity index (χ4n) is 3.12. The molecule has 26 heavy (non-hydrogen) atoms. The van der Waals surface area contributed by atoms with Crippen LogP contribution in [0.2, 0.25) is 10.0 Å². The minimum absolute atomic E-state index is 0.0115. The Labute approximate surface area is 160 Å². The van der Waals surface area contributed by atoms with Gasteiger partial charge in [0.1, 0.15) is 21.6 Å². The van der Waals surface area contributed by atoms with Crippen LogP contribution in [-0.4, -0.2) is 10.9 Å². The summed E-state index contributed by atoms with van der Waals surface area (Å²) in [7, 11) is 0. The smallest absolute Gasteiger partial charge is 0.168 e. The van der Waals surface area contributed by atoms with E-state index >= 15 is 0 Å². The van der Waals surface area contributed by atoms with Crippen molar-refractivity contribution in [1.82, 2.24) is 0 Å². The van der Waals surface area contributed by atoms with Gasteiger partial charge in [-0.1, -0.05) is 40.9 Å². The van der Waals surface area contributed by atoms with Gasteiger partial charge in [0.15, 0.2) is 11.4 Å². The van der Waals surface area contributed by atoms with Gasteiger partial charge in [0.25, 0.3) is 0 Å². The Morgan fingerprint density at radius 2 is 1.88 bits per heavy atom. The van der Waals surface area contributed by atoms with Crippen LogP contribution < -0.4 is 5.32 Å². The van der Waals surface area contributed by atoms with Crippen molar-refractivity contribution in [3.8, 4) is 5.75 Å². The number of halogens is 2. The monoisotopic (exact) mass is 387 g/mol. The number of aryl methyl sites for hydroxylation is 2. The van der Waals surface area contributed by atoms with Crippen LogP contribution in [-0.2, 0) is 11.2 Å². The first-order valence-electron chi connectivity index (χ1n) is 8.15. The number of furan rings is 1. The minimum Gasteiger partial charge on any atom is -0.506 e. The number of hydrogen-bond acceptors (Lipinski definition) is 4. The van der Waals surface area contributed by atoms with Crippen molar-refractivity contribution in [2.45, 2.75) is 19.8 Å². The first-order valence-corrected chi connectivity index (χ1v) is 8.90. The van der Waals surface area contributed by atoms with E-state index in [-0.39, 0.29) is 21.6 Å². The third-order valence-electron chi connectivity index (χ3n) is 4.53. The molecule has 4 nitrogen and oxygen atoms in total. The Morgan fingerprint density at radius 1 is 1.15 bits per heavy atom. The van der Waals surface area contributed by atoms with E-state index in [0.717, 1.165) is 16.8 Å². The second kappa shape index (κ2) is 6.38. The van der Waals surface area contributed by atoms with Gasteiger partial charge in [-0.15, -0.1) is 0 Å². The van der Waals surface area contributed by atoms with E-state index in [1.54, 1.807) is 6.20 Å². The fourth-order valence-corrected chi connectivity index (χ4v) is 3.50. The summed E-state index contributed by atoms with van der Waals surface area (Å²) in [6.07, 6.45) is 2.55. The van der Waals surface area contributed by atoms with Crippen LogP contribution in [0.15, 0.2) is 40.9 Å². The second-order valence-electron chi connectivity index (χ2n) is 6.30. The van der Waals surface area contributed by atoms with Crippen molar-refractivity contribution in [2.75, 3.05) is 5.32 Å². The first kappa shape index (κ1) is 17.0. The van der Waals surface area contributed by atoms with Gasteiger partial charge in [-0.2, -0.15) is 0 Å². The highest BCUT2D eigenvalue weighted by Gasteiger charge is 2.29. The number of Topliss-reactive ketones (excluding diaryl/α,β-unsaturated/α-hetero) is 1. The number of phenols is 1. The number of nitrogens with one attached hydrogen (secondary N) is 1. The SMILES string of the molecule is Cc1ccc(N/C=C2/C(=O)CCc3c2oc2c(Cl)c(Cl)c(O)cc32)cc1. The van der Waals surface area contributed by atoms with Gasteiger partial charge in [0.05, 0.1) is 5.57 Å². The lowest BCUT2D eigenvalue weighted by atomic mass is 9.91. The van der Waals surface area contributed by atoms with Crippen LogP contribution in [0.25, 0.3) is 16.5 Å². The Kier molecular flexibility index (Phi) is 4.17. The van der Waals surface area contributed by atoms with Gasteiger partial charge < -0.3 is 14.8 Å². The van der Waals surface area contributed by atoms with Crippen molar-refractivity contribution < 1.29 is 14.3 Å². The number of allylic oxidation sites excluding steroid dienone is 1. The number of aromatic hydroxyl groups is 1. The molecule has 0 fully saturated rings. The van der Waals surface area contributed by atoms with Crippen LogP contribution in [0.1, 0.15) is 23.3 Å². The summed E-state index contributed by atoms with van der Waals surface area (Å²) in [5, 5.41) is 14.0.